The van der Waals surface area contributed by atoms with Gasteiger partial charge in [-0.2, -0.15) is 0 Å². The molecule has 0 spiro atoms. The van der Waals surface area contributed by atoms with Crippen LogP contribution in [0.25, 0.3) is 0 Å². The Balaban J connectivity index is -0.000000856. The highest BCUT2D eigenvalue weighted by molar-refractivity contribution is 5.88. The van der Waals surface area contributed by atoms with Gasteiger partial charge in [0.1, 0.15) is 5.78 Å². The molecule has 0 bridgehead atoms. The number of amides is 1. The SMILES string of the molecule is C#C.C#C.CC(=O)CC[C@H](NC(=O)[C@@H](C)CCc1ccccc1)C(C)=O.CCC. The average Bonchev–Trinajstić information content (AvgIpc) is 2.73. The van der Waals surface area contributed by atoms with Gasteiger partial charge < -0.3 is 10.1 Å². The van der Waals surface area contributed by atoms with E-state index in [1.807, 2.05) is 37.3 Å². The molecule has 0 heterocycles. The summed E-state index contributed by atoms with van der Waals surface area (Å²) in [5, 5.41) is 2.77. The van der Waals surface area contributed by atoms with Crippen molar-refractivity contribution in [2.45, 2.75) is 72.8 Å². The van der Waals surface area contributed by atoms with E-state index in [0.29, 0.717) is 12.8 Å². The number of terminal acetylenes is 2. The second-order valence-corrected chi connectivity index (χ2v) is 6.54. The number of Topliss-reactive ketones (excluding diaryl/α,β-unsaturated/α-hetero) is 2. The van der Waals surface area contributed by atoms with E-state index in [0.717, 1.165) is 12.8 Å². The fourth-order valence-electron chi connectivity index (χ4n) is 2.20. The van der Waals surface area contributed by atoms with Gasteiger partial charge in [0.05, 0.1) is 6.04 Å². The van der Waals surface area contributed by atoms with Crippen LogP contribution in [0, 0.1) is 31.6 Å². The van der Waals surface area contributed by atoms with Crippen molar-refractivity contribution in [3.05, 3.63) is 35.9 Å². The minimum Gasteiger partial charge on any atom is -0.346 e. The number of ketones is 2. The molecule has 0 saturated carbocycles. The van der Waals surface area contributed by atoms with Crippen LogP contribution in [-0.2, 0) is 20.8 Å². The van der Waals surface area contributed by atoms with Gasteiger partial charge in [-0.1, -0.05) is 57.5 Å². The molecule has 0 aromatic heterocycles. The molecule has 0 aliphatic rings. The summed E-state index contributed by atoms with van der Waals surface area (Å²) in [7, 11) is 0. The molecule has 1 N–H and O–H groups in total. The first-order valence-electron chi connectivity index (χ1n) is 9.82. The van der Waals surface area contributed by atoms with Crippen LogP contribution in [0.2, 0.25) is 0 Å². The second-order valence-electron chi connectivity index (χ2n) is 6.54. The van der Waals surface area contributed by atoms with Crippen LogP contribution < -0.4 is 5.32 Å². The van der Waals surface area contributed by atoms with Crippen molar-refractivity contribution in [1.29, 1.82) is 0 Å². The molecule has 1 aromatic carbocycles. The van der Waals surface area contributed by atoms with Crippen molar-refractivity contribution in [3.8, 4) is 25.7 Å². The summed E-state index contributed by atoms with van der Waals surface area (Å²) >= 11 is 0. The third kappa shape index (κ3) is 18.3. The maximum absolute atomic E-state index is 12.2. The zero-order valence-electron chi connectivity index (χ0n) is 18.6. The Morgan fingerprint density at radius 1 is 0.931 bits per heavy atom. The Hall–Kier alpha value is -2.85. The predicted octanol–water partition coefficient (Wildman–Crippen LogP) is 4.61. The van der Waals surface area contributed by atoms with E-state index >= 15 is 0 Å². The molecule has 0 unspecified atom stereocenters. The molecule has 4 heteroatoms. The van der Waals surface area contributed by atoms with E-state index in [4.69, 9.17) is 0 Å². The highest BCUT2D eigenvalue weighted by atomic mass is 16.2. The van der Waals surface area contributed by atoms with Crippen LogP contribution in [-0.4, -0.2) is 23.5 Å². The van der Waals surface area contributed by atoms with Crippen LogP contribution >= 0.6 is 0 Å². The van der Waals surface area contributed by atoms with Crippen LogP contribution in [0.15, 0.2) is 30.3 Å². The summed E-state index contributed by atoms with van der Waals surface area (Å²) in [5.74, 6) is -0.374. The lowest BCUT2D eigenvalue weighted by atomic mass is 9.99. The van der Waals surface area contributed by atoms with Gasteiger partial charge in [-0.3, -0.25) is 9.59 Å². The maximum Gasteiger partial charge on any atom is 0.223 e. The second kappa shape index (κ2) is 21.5. The first-order valence-corrected chi connectivity index (χ1v) is 9.82. The van der Waals surface area contributed by atoms with E-state index in [2.05, 4.69) is 44.9 Å². The zero-order chi connectivity index (χ0) is 23.2. The first kappa shape index (κ1) is 30.9. The van der Waals surface area contributed by atoms with Crippen molar-refractivity contribution in [1.82, 2.24) is 5.32 Å². The van der Waals surface area contributed by atoms with E-state index in [1.54, 1.807) is 0 Å². The van der Waals surface area contributed by atoms with Gasteiger partial charge in [-0.25, -0.2) is 0 Å². The van der Waals surface area contributed by atoms with Crippen molar-refractivity contribution >= 4 is 17.5 Å². The summed E-state index contributed by atoms with van der Waals surface area (Å²) < 4.78 is 0. The number of carbonyl (C=O) groups is 3. The fraction of sp³-hybridized carbons (Fsp3) is 0.480. The largest absolute Gasteiger partial charge is 0.346 e. The molecule has 0 radical (unpaired) electrons. The summed E-state index contributed by atoms with van der Waals surface area (Å²) in [5.41, 5.74) is 1.20. The third-order valence-electron chi connectivity index (χ3n) is 3.75. The Morgan fingerprint density at radius 3 is 1.83 bits per heavy atom. The van der Waals surface area contributed by atoms with Crippen molar-refractivity contribution < 1.29 is 14.4 Å². The summed E-state index contributed by atoms with van der Waals surface area (Å²) in [4.78, 5) is 34.8. The van der Waals surface area contributed by atoms with Gasteiger partial charge >= 0.3 is 0 Å². The fourth-order valence-corrected chi connectivity index (χ4v) is 2.20. The third-order valence-corrected chi connectivity index (χ3v) is 3.75. The van der Waals surface area contributed by atoms with E-state index in [1.165, 1.54) is 25.8 Å². The smallest absolute Gasteiger partial charge is 0.223 e. The number of benzene rings is 1. The summed E-state index contributed by atoms with van der Waals surface area (Å²) in [6.07, 6.45) is 19.5. The molecule has 0 aliphatic heterocycles. The van der Waals surface area contributed by atoms with Crippen LogP contribution in [0.4, 0.5) is 0 Å². The molecule has 1 aromatic rings. The lowest BCUT2D eigenvalue weighted by Crippen LogP contribution is -2.42. The van der Waals surface area contributed by atoms with E-state index in [9.17, 15) is 14.4 Å². The number of rotatable bonds is 9. The molecule has 4 nitrogen and oxygen atoms in total. The number of nitrogens with one attached hydrogen (secondary N) is 1. The molecular formula is C25H37NO3. The van der Waals surface area contributed by atoms with Crippen molar-refractivity contribution in [2.24, 2.45) is 5.92 Å². The zero-order valence-corrected chi connectivity index (χ0v) is 18.6. The number of hydrogen-bond donors (Lipinski definition) is 1. The Morgan fingerprint density at radius 2 is 1.41 bits per heavy atom. The minimum atomic E-state index is -0.560. The molecule has 160 valence electrons. The monoisotopic (exact) mass is 399 g/mol. The normalized spacial score (nSPS) is 10.8. The molecule has 1 amide bonds. The lowest BCUT2D eigenvalue weighted by Gasteiger charge is -2.18. The molecule has 1 rings (SSSR count). The van der Waals surface area contributed by atoms with Gasteiger partial charge in [0.2, 0.25) is 5.91 Å². The van der Waals surface area contributed by atoms with Gasteiger partial charge in [0.15, 0.2) is 5.78 Å². The molecule has 0 aliphatic carbocycles. The molecule has 2 atom stereocenters. The lowest BCUT2D eigenvalue weighted by molar-refractivity contribution is -0.129. The highest BCUT2D eigenvalue weighted by Gasteiger charge is 2.20. The number of carbonyl (C=O) groups excluding carboxylic acids is 3. The molecule has 0 saturated heterocycles. The average molecular weight is 400 g/mol. The van der Waals surface area contributed by atoms with Crippen molar-refractivity contribution in [3.63, 3.8) is 0 Å². The van der Waals surface area contributed by atoms with E-state index in [-0.39, 0.29) is 23.4 Å². The molecule has 29 heavy (non-hydrogen) atoms. The summed E-state index contributed by atoms with van der Waals surface area (Å²) in [6.45, 7) is 9.04. The standard InChI is InChI=1S/C18H25NO3.C3H8.2C2H2/c1-13(9-11-16-7-5-4-6-8-16)18(22)19-17(15(3)21)12-10-14(2)20;1-3-2;2*1-2/h4-8,13,17H,9-12H2,1-3H3,(H,19,22);3H2,1-2H3;2*1-2H/t13-,17-;;;/m0.../s1. The quantitative estimate of drug-likeness (QED) is 0.617. The van der Waals surface area contributed by atoms with Crippen LogP contribution in [0.1, 0.15) is 65.9 Å². The van der Waals surface area contributed by atoms with Gasteiger partial charge in [0, 0.05) is 12.3 Å². The van der Waals surface area contributed by atoms with Crippen LogP contribution in [0.3, 0.4) is 0 Å². The topological polar surface area (TPSA) is 63.2 Å². The minimum absolute atomic E-state index is 0.0256. The van der Waals surface area contributed by atoms with Gasteiger partial charge in [-0.05, 0) is 38.7 Å². The highest BCUT2D eigenvalue weighted by Crippen LogP contribution is 2.11. The Kier molecular flexibility index (Phi) is 22.8. The number of aryl methyl sites for hydroxylation is 1. The Labute approximate surface area is 177 Å². The van der Waals surface area contributed by atoms with Crippen LogP contribution in [0.5, 0.6) is 0 Å². The maximum atomic E-state index is 12.2. The van der Waals surface area contributed by atoms with Crippen molar-refractivity contribution in [2.75, 3.05) is 0 Å². The summed E-state index contributed by atoms with van der Waals surface area (Å²) in [6, 6.07) is 9.44. The molecule has 0 fully saturated rings. The first-order chi connectivity index (χ1) is 13.8. The Bertz CT molecular complexity index is 596. The van der Waals surface area contributed by atoms with Gasteiger partial charge in [0.25, 0.3) is 0 Å². The molecular weight excluding hydrogens is 362 g/mol. The number of hydrogen-bond acceptors (Lipinski definition) is 3. The van der Waals surface area contributed by atoms with Gasteiger partial charge in [-0.15, -0.1) is 25.7 Å². The predicted molar refractivity (Wildman–Crippen MR) is 122 cm³/mol. The van der Waals surface area contributed by atoms with E-state index < -0.39 is 6.04 Å².